The molecule has 2 amide bonds. The number of carbonyl (C=O) groups excluding carboxylic acids is 2. The Labute approximate surface area is 159 Å². The lowest BCUT2D eigenvalue weighted by Crippen LogP contribution is -2.46. The Morgan fingerprint density at radius 2 is 1.81 bits per heavy atom. The van der Waals surface area contributed by atoms with Crippen molar-refractivity contribution in [2.75, 3.05) is 13.1 Å². The van der Waals surface area contributed by atoms with Gasteiger partial charge in [-0.3, -0.25) is 14.3 Å². The largest absolute Gasteiger partial charge is 0.349 e. The van der Waals surface area contributed by atoms with E-state index in [1.54, 1.807) is 6.20 Å². The van der Waals surface area contributed by atoms with Gasteiger partial charge in [-0.25, -0.2) is 0 Å². The molecule has 0 unspecified atom stereocenters. The quantitative estimate of drug-likeness (QED) is 0.908. The van der Waals surface area contributed by atoms with Crippen molar-refractivity contribution in [1.82, 2.24) is 20.0 Å². The van der Waals surface area contributed by atoms with Gasteiger partial charge in [0.15, 0.2) is 0 Å². The van der Waals surface area contributed by atoms with E-state index in [0.29, 0.717) is 18.7 Å². The molecular weight excluding hydrogens is 340 g/mol. The number of nitrogens with zero attached hydrogens (tertiary/aromatic N) is 3. The van der Waals surface area contributed by atoms with E-state index in [9.17, 15) is 9.59 Å². The summed E-state index contributed by atoms with van der Waals surface area (Å²) in [7, 11) is 0. The van der Waals surface area contributed by atoms with E-state index in [1.165, 1.54) is 0 Å². The number of fused-ring (bicyclic) bond motifs is 1. The number of hydrogen-bond donors (Lipinski definition) is 1. The molecule has 0 atom stereocenters. The fourth-order valence-corrected chi connectivity index (χ4v) is 3.98. The minimum absolute atomic E-state index is 0.0264. The Bertz CT molecular complexity index is 832. The number of benzene rings is 1. The topological polar surface area (TPSA) is 67.2 Å². The number of aryl methyl sites for hydroxylation is 2. The first-order valence-corrected chi connectivity index (χ1v) is 9.83. The molecule has 1 N–H and O–H groups in total. The number of aromatic nitrogens is 2. The molecule has 3 heterocycles. The number of nitrogens with one attached hydrogen (secondary N) is 1. The molecule has 1 fully saturated rings. The highest BCUT2D eigenvalue weighted by Gasteiger charge is 2.26. The van der Waals surface area contributed by atoms with Crippen LogP contribution in [0.3, 0.4) is 0 Å². The first-order valence-electron chi connectivity index (χ1n) is 9.83. The minimum Gasteiger partial charge on any atom is -0.349 e. The van der Waals surface area contributed by atoms with Crippen molar-refractivity contribution in [2.45, 2.75) is 51.6 Å². The van der Waals surface area contributed by atoms with Gasteiger partial charge in [0.2, 0.25) is 0 Å². The smallest absolute Gasteiger partial charge is 0.254 e. The van der Waals surface area contributed by atoms with Gasteiger partial charge in [-0.2, -0.15) is 5.10 Å². The molecule has 4 rings (SSSR count). The van der Waals surface area contributed by atoms with E-state index in [2.05, 4.69) is 10.4 Å². The molecule has 0 spiro atoms. The van der Waals surface area contributed by atoms with Crippen molar-refractivity contribution in [2.24, 2.45) is 0 Å². The Hall–Kier alpha value is -2.63. The maximum Gasteiger partial charge on any atom is 0.254 e. The second kappa shape index (κ2) is 7.55. The van der Waals surface area contributed by atoms with Crippen LogP contribution in [0.4, 0.5) is 0 Å². The van der Waals surface area contributed by atoms with Gasteiger partial charge in [0.05, 0.1) is 17.5 Å². The summed E-state index contributed by atoms with van der Waals surface area (Å²) in [6, 6.07) is 7.81. The molecule has 1 aromatic carbocycles. The highest BCUT2D eigenvalue weighted by Crippen LogP contribution is 2.19. The fraction of sp³-hybridized carbons (Fsp3) is 0.476. The van der Waals surface area contributed by atoms with Crippen LogP contribution in [0.1, 0.15) is 57.7 Å². The number of hydrogen-bond acceptors (Lipinski definition) is 3. The minimum atomic E-state index is -0.0264. The highest BCUT2D eigenvalue weighted by atomic mass is 16.2. The number of piperidine rings is 1. The number of carbonyl (C=O) groups is 2. The zero-order valence-corrected chi connectivity index (χ0v) is 15.8. The zero-order chi connectivity index (χ0) is 18.8. The molecule has 0 bridgehead atoms. The third-order valence-corrected chi connectivity index (χ3v) is 5.64. The molecule has 1 aromatic heterocycles. The molecule has 2 aromatic rings. The van der Waals surface area contributed by atoms with Crippen LogP contribution < -0.4 is 5.32 Å². The lowest BCUT2D eigenvalue weighted by molar-refractivity contribution is 0.0698. The van der Waals surface area contributed by atoms with Crippen molar-refractivity contribution < 1.29 is 9.59 Å². The van der Waals surface area contributed by atoms with Crippen LogP contribution in [0.25, 0.3) is 0 Å². The predicted molar refractivity (Wildman–Crippen MR) is 103 cm³/mol. The van der Waals surface area contributed by atoms with E-state index in [4.69, 9.17) is 0 Å². The monoisotopic (exact) mass is 366 g/mol. The summed E-state index contributed by atoms with van der Waals surface area (Å²) in [5.74, 6) is 0.0481. The van der Waals surface area contributed by atoms with Crippen LogP contribution in [-0.4, -0.2) is 45.6 Å². The standard InChI is InChI=1S/C21H26N4O2/c1-15-5-7-16(8-6-15)21(27)24-12-9-17(10-13-24)23-20(26)18-14-22-25-11-3-2-4-19(18)25/h5-8,14,17H,2-4,9-13H2,1H3,(H,23,26). The molecule has 142 valence electrons. The van der Waals surface area contributed by atoms with E-state index in [0.717, 1.165) is 55.5 Å². The maximum absolute atomic E-state index is 12.7. The molecule has 0 radical (unpaired) electrons. The van der Waals surface area contributed by atoms with Crippen LogP contribution in [0.15, 0.2) is 30.5 Å². The van der Waals surface area contributed by atoms with Crippen molar-refractivity contribution in [3.8, 4) is 0 Å². The van der Waals surface area contributed by atoms with Gasteiger partial charge in [-0.05, 0) is 51.2 Å². The van der Waals surface area contributed by atoms with Gasteiger partial charge in [0.25, 0.3) is 11.8 Å². The molecule has 0 saturated carbocycles. The fourth-order valence-electron chi connectivity index (χ4n) is 3.98. The second-order valence-electron chi connectivity index (χ2n) is 7.59. The van der Waals surface area contributed by atoms with Gasteiger partial charge in [-0.15, -0.1) is 0 Å². The van der Waals surface area contributed by atoms with Crippen LogP contribution >= 0.6 is 0 Å². The van der Waals surface area contributed by atoms with E-state index in [1.807, 2.05) is 40.8 Å². The Morgan fingerprint density at radius 3 is 2.56 bits per heavy atom. The van der Waals surface area contributed by atoms with E-state index in [-0.39, 0.29) is 17.9 Å². The van der Waals surface area contributed by atoms with Gasteiger partial charge in [-0.1, -0.05) is 17.7 Å². The average Bonchev–Trinajstić information content (AvgIpc) is 3.13. The van der Waals surface area contributed by atoms with Gasteiger partial charge < -0.3 is 10.2 Å². The van der Waals surface area contributed by atoms with Crippen molar-refractivity contribution >= 4 is 11.8 Å². The molecular formula is C21H26N4O2. The summed E-state index contributed by atoms with van der Waals surface area (Å²) in [5.41, 5.74) is 3.66. The summed E-state index contributed by atoms with van der Waals surface area (Å²) in [4.78, 5) is 27.2. The second-order valence-corrected chi connectivity index (χ2v) is 7.59. The van der Waals surface area contributed by atoms with E-state index >= 15 is 0 Å². The van der Waals surface area contributed by atoms with Gasteiger partial charge in [0.1, 0.15) is 0 Å². The van der Waals surface area contributed by atoms with Crippen molar-refractivity contribution in [3.05, 3.63) is 52.8 Å². The normalized spacial score (nSPS) is 17.4. The lowest BCUT2D eigenvalue weighted by Gasteiger charge is -2.32. The Morgan fingerprint density at radius 1 is 1.07 bits per heavy atom. The first-order chi connectivity index (χ1) is 13.1. The van der Waals surface area contributed by atoms with Crippen molar-refractivity contribution in [1.29, 1.82) is 0 Å². The van der Waals surface area contributed by atoms with Crippen LogP contribution in [-0.2, 0) is 13.0 Å². The molecule has 27 heavy (non-hydrogen) atoms. The number of rotatable bonds is 3. The summed E-state index contributed by atoms with van der Waals surface area (Å²) in [6.07, 6.45) is 6.44. The summed E-state index contributed by atoms with van der Waals surface area (Å²) in [5, 5.41) is 7.50. The van der Waals surface area contributed by atoms with Crippen LogP contribution in [0, 0.1) is 6.92 Å². The van der Waals surface area contributed by atoms with E-state index < -0.39 is 0 Å². The molecule has 2 aliphatic heterocycles. The summed E-state index contributed by atoms with van der Waals surface area (Å²) in [6.45, 7) is 4.26. The molecule has 0 aliphatic carbocycles. The Kier molecular flexibility index (Phi) is 4.97. The molecule has 2 aliphatic rings. The zero-order valence-electron chi connectivity index (χ0n) is 15.8. The molecule has 6 heteroatoms. The molecule has 1 saturated heterocycles. The number of likely N-dealkylation sites (tertiary alicyclic amines) is 1. The predicted octanol–water partition coefficient (Wildman–Crippen LogP) is 2.56. The first kappa shape index (κ1) is 17.8. The highest BCUT2D eigenvalue weighted by molar-refractivity contribution is 5.95. The lowest BCUT2D eigenvalue weighted by atomic mass is 10.0. The average molecular weight is 366 g/mol. The third-order valence-electron chi connectivity index (χ3n) is 5.64. The third kappa shape index (κ3) is 3.75. The van der Waals surface area contributed by atoms with Crippen LogP contribution in [0.5, 0.6) is 0 Å². The number of amides is 2. The SMILES string of the molecule is Cc1ccc(C(=O)N2CCC(NC(=O)c3cnn4c3CCCC4)CC2)cc1. The Balaban J connectivity index is 1.33. The summed E-state index contributed by atoms with van der Waals surface area (Å²) < 4.78 is 1.96. The van der Waals surface area contributed by atoms with Gasteiger partial charge in [0, 0.05) is 31.2 Å². The summed E-state index contributed by atoms with van der Waals surface area (Å²) >= 11 is 0. The van der Waals surface area contributed by atoms with Gasteiger partial charge >= 0.3 is 0 Å². The van der Waals surface area contributed by atoms with Crippen LogP contribution in [0.2, 0.25) is 0 Å². The van der Waals surface area contributed by atoms with Crippen molar-refractivity contribution in [3.63, 3.8) is 0 Å². The maximum atomic E-state index is 12.7. The molecule has 6 nitrogen and oxygen atoms in total.